The van der Waals surface area contributed by atoms with Crippen molar-refractivity contribution in [2.45, 2.75) is 26.3 Å². The van der Waals surface area contributed by atoms with Gasteiger partial charge in [-0.05, 0) is 30.2 Å². The van der Waals surface area contributed by atoms with E-state index in [1.807, 2.05) is 13.8 Å². The van der Waals surface area contributed by atoms with Gasteiger partial charge in [-0.25, -0.2) is 9.82 Å². The van der Waals surface area contributed by atoms with Crippen LogP contribution in [0.15, 0.2) is 46.9 Å². The maximum atomic E-state index is 14.2. The number of rotatable bonds is 15. The second kappa shape index (κ2) is 15.8. The molecule has 4 N–H and O–H groups in total. The first-order chi connectivity index (χ1) is 20.2. The number of benzene rings is 2. The molecular formula is C29H35FN4O7S. The van der Waals surface area contributed by atoms with Crippen molar-refractivity contribution in [2.24, 2.45) is 16.8 Å². The van der Waals surface area contributed by atoms with Crippen LogP contribution in [0.25, 0.3) is 10.1 Å². The van der Waals surface area contributed by atoms with E-state index in [0.717, 1.165) is 0 Å². The van der Waals surface area contributed by atoms with Gasteiger partial charge >= 0.3 is 5.97 Å². The molecule has 0 radical (unpaired) electrons. The minimum absolute atomic E-state index is 0.00502. The molecule has 13 heteroatoms. The largest absolute Gasteiger partial charge is 0.493 e. The number of nitrogens with two attached hydrogens (primary N) is 1. The van der Waals surface area contributed by atoms with E-state index in [9.17, 15) is 18.8 Å². The first-order valence-corrected chi connectivity index (χ1v) is 14.1. The minimum atomic E-state index is -0.712. The van der Waals surface area contributed by atoms with E-state index >= 15 is 0 Å². The Labute approximate surface area is 247 Å². The number of hydrogen-bond acceptors (Lipinski definition) is 10. The van der Waals surface area contributed by atoms with Gasteiger partial charge in [-0.2, -0.15) is 5.10 Å². The Kier molecular flexibility index (Phi) is 12.2. The molecule has 3 aromatic rings. The number of halogens is 1. The number of carbonyl (C=O) groups is 3. The van der Waals surface area contributed by atoms with Crippen molar-refractivity contribution < 1.29 is 37.7 Å². The Balaban J connectivity index is 1.56. The summed E-state index contributed by atoms with van der Waals surface area (Å²) in [5.41, 5.74) is 9.66. The number of hydrazone groups is 1. The first-order valence-electron chi connectivity index (χ1n) is 13.2. The Morgan fingerprint density at radius 1 is 1.07 bits per heavy atom. The van der Waals surface area contributed by atoms with Crippen molar-refractivity contribution >= 4 is 44.9 Å². The number of fused-ring (bicyclic) bond motifs is 1. The SMILES string of the molecule is COCC/C(=N\NC(=O)CNC(=O)c1ccc(OCCOC(=O)C(N)C(C)C)c(OC)c1)c1csc2c(F)cccc12. The van der Waals surface area contributed by atoms with Gasteiger partial charge in [0.1, 0.15) is 25.1 Å². The molecular weight excluding hydrogens is 567 g/mol. The zero-order chi connectivity index (χ0) is 30.6. The van der Waals surface area contributed by atoms with Crippen LogP contribution in [0.3, 0.4) is 0 Å². The summed E-state index contributed by atoms with van der Waals surface area (Å²) in [6.07, 6.45) is 0.383. The summed E-state index contributed by atoms with van der Waals surface area (Å²) >= 11 is 1.25. The summed E-state index contributed by atoms with van der Waals surface area (Å²) in [6, 6.07) is 8.59. The first kappa shape index (κ1) is 32.4. The van der Waals surface area contributed by atoms with Crippen LogP contribution in [0.1, 0.15) is 36.2 Å². The third-order valence-electron chi connectivity index (χ3n) is 6.13. The van der Waals surface area contributed by atoms with Gasteiger partial charge in [-0.3, -0.25) is 14.4 Å². The Hall–Kier alpha value is -4.07. The number of amides is 2. The molecule has 42 heavy (non-hydrogen) atoms. The molecule has 2 amide bonds. The Morgan fingerprint density at radius 3 is 2.57 bits per heavy atom. The third kappa shape index (κ3) is 8.71. The van der Waals surface area contributed by atoms with Gasteiger partial charge in [0, 0.05) is 35.4 Å². The van der Waals surface area contributed by atoms with Crippen molar-refractivity contribution in [2.75, 3.05) is 40.6 Å². The van der Waals surface area contributed by atoms with Gasteiger partial charge in [0.2, 0.25) is 0 Å². The average Bonchev–Trinajstić information content (AvgIpc) is 3.42. The van der Waals surface area contributed by atoms with E-state index in [1.54, 1.807) is 24.6 Å². The van der Waals surface area contributed by atoms with Crippen molar-refractivity contribution in [1.29, 1.82) is 0 Å². The maximum Gasteiger partial charge on any atom is 0.323 e. The van der Waals surface area contributed by atoms with E-state index in [4.69, 9.17) is 24.7 Å². The molecule has 226 valence electrons. The van der Waals surface area contributed by atoms with E-state index in [2.05, 4.69) is 15.8 Å². The summed E-state index contributed by atoms with van der Waals surface area (Å²) in [5.74, 6) is -1.33. The summed E-state index contributed by atoms with van der Waals surface area (Å²) in [7, 11) is 2.97. The fraction of sp³-hybridized carbons (Fsp3) is 0.379. The zero-order valence-corrected chi connectivity index (χ0v) is 24.7. The number of carbonyl (C=O) groups excluding carboxylic acids is 3. The standard InChI is InChI=1S/C29H35FN4O7S/c1-17(2)26(31)29(37)41-13-12-40-23-9-8-18(14-24(23)39-4)28(36)32-15-25(35)34-33-22(10-11-38-3)20-16-42-27-19(20)6-5-7-21(27)30/h5-9,14,16-17,26H,10-13,15,31H2,1-4H3,(H,32,36)(H,34,35)/b33-22+. The molecule has 0 bridgehead atoms. The van der Waals surface area contributed by atoms with Crippen LogP contribution in [0.2, 0.25) is 0 Å². The molecule has 1 heterocycles. The van der Waals surface area contributed by atoms with Gasteiger partial charge < -0.3 is 30.0 Å². The quantitative estimate of drug-likeness (QED) is 0.104. The molecule has 2 aromatic carbocycles. The van der Waals surface area contributed by atoms with Gasteiger partial charge in [0.25, 0.3) is 11.8 Å². The summed E-state index contributed by atoms with van der Waals surface area (Å²) in [6.45, 7) is 3.70. The van der Waals surface area contributed by atoms with Gasteiger partial charge in [0.15, 0.2) is 11.5 Å². The lowest BCUT2D eigenvalue weighted by Crippen LogP contribution is -2.37. The monoisotopic (exact) mass is 602 g/mol. The van der Waals surface area contributed by atoms with Crippen LogP contribution in [-0.2, 0) is 19.1 Å². The van der Waals surface area contributed by atoms with Crippen LogP contribution < -0.4 is 25.9 Å². The number of ether oxygens (including phenoxy) is 4. The second-order valence-corrected chi connectivity index (χ2v) is 10.3. The van der Waals surface area contributed by atoms with Crippen LogP contribution in [0, 0.1) is 11.7 Å². The summed E-state index contributed by atoms with van der Waals surface area (Å²) < 4.78 is 35.9. The van der Waals surface area contributed by atoms with Crippen LogP contribution in [0.5, 0.6) is 11.5 Å². The molecule has 1 aromatic heterocycles. The van der Waals surface area contributed by atoms with Crippen LogP contribution in [-0.4, -0.2) is 70.1 Å². The maximum absolute atomic E-state index is 14.2. The zero-order valence-electron chi connectivity index (χ0n) is 23.9. The summed E-state index contributed by atoms with van der Waals surface area (Å²) in [4.78, 5) is 37.0. The molecule has 1 unspecified atom stereocenters. The predicted molar refractivity (Wildman–Crippen MR) is 158 cm³/mol. The Morgan fingerprint density at radius 2 is 1.86 bits per heavy atom. The molecule has 0 aliphatic heterocycles. The summed E-state index contributed by atoms with van der Waals surface area (Å²) in [5, 5.41) is 9.24. The lowest BCUT2D eigenvalue weighted by Gasteiger charge is -2.15. The van der Waals surface area contributed by atoms with Crippen LogP contribution >= 0.6 is 11.3 Å². The molecule has 1 atom stereocenters. The van der Waals surface area contributed by atoms with Gasteiger partial charge in [-0.1, -0.05) is 26.0 Å². The smallest absolute Gasteiger partial charge is 0.323 e. The van der Waals surface area contributed by atoms with Crippen molar-refractivity contribution in [3.05, 3.63) is 58.7 Å². The molecule has 3 rings (SSSR count). The van der Waals surface area contributed by atoms with E-state index in [-0.39, 0.29) is 42.8 Å². The number of methoxy groups -OCH3 is 2. The number of nitrogens with one attached hydrogen (secondary N) is 2. The van der Waals surface area contributed by atoms with Crippen molar-refractivity contribution in [3.8, 4) is 11.5 Å². The van der Waals surface area contributed by atoms with Gasteiger partial charge in [-0.15, -0.1) is 11.3 Å². The number of nitrogens with zero attached hydrogens (tertiary/aromatic N) is 1. The molecule has 0 aliphatic carbocycles. The van der Waals surface area contributed by atoms with Crippen molar-refractivity contribution in [1.82, 2.24) is 10.7 Å². The Bertz CT molecular complexity index is 1430. The van der Waals surface area contributed by atoms with Crippen molar-refractivity contribution in [3.63, 3.8) is 0 Å². The van der Waals surface area contributed by atoms with Crippen LogP contribution in [0.4, 0.5) is 4.39 Å². The molecule has 0 aliphatic rings. The predicted octanol–water partition coefficient (Wildman–Crippen LogP) is 3.24. The highest BCUT2D eigenvalue weighted by Crippen LogP contribution is 2.30. The molecule has 0 fully saturated rings. The van der Waals surface area contributed by atoms with E-state index in [1.165, 1.54) is 42.7 Å². The molecule has 0 spiro atoms. The highest BCUT2D eigenvalue weighted by atomic mass is 32.1. The fourth-order valence-corrected chi connectivity index (χ4v) is 4.70. The highest BCUT2D eigenvalue weighted by molar-refractivity contribution is 7.17. The number of thiophene rings is 1. The number of hydrogen-bond donors (Lipinski definition) is 3. The second-order valence-electron chi connectivity index (χ2n) is 9.44. The average molecular weight is 603 g/mol. The van der Waals surface area contributed by atoms with Gasteiger partial charge in [0.05, 0.1) is 30.7 Å². The molecule has 11 nitrogen and oxygen atoms in total. The fourth-order valence-electron chi connectivity index (χ4n) is 3.72. The topological polar surface area (TPSA) is 151 Å². The third-order valence-corrected chi connectivity index (χ3v) is 7.14. The normalized spacial score (nSPS) is 12.2. The minimum Gasteiger partial charge on any atom is -0.493 e. The van der Waals surface area contributed by atoms with E-state index in [0.29, 0.717) is 40.1 Å². The highest BCUT2D eigenvalue weighted by Gasteiger charge is 2.19. The van der Waals surface area contributed by atoms with E-state index < -0.39 is 23.8 Å². The lowest BCUT2D eigenvalue weighted by molar-refractivity contribution is -0.147. The molecule has 0 saturated heterocycles. The lowest BCUT2D eigenvalue weighted by atomic mass is 10.1. The molecule has 0 saturated carbocycles. The number of esters is 1.